The van der Waals surface area contributed by atoms with E-state index in [1.807, 2.05) is 0 Å². The van der Waals surface area contributed by atoms with E-state index in [9.17, 15) is 28.8 Å². The first kappa shape index (κ1) is 24.3. The quantitative estimate of drug-likeness (QED) is 0.325. The van der Waals surface area contributed by atoms with Gasteiger partial charge >= 0.3 is 17.4 Å². The first-order valence-electron chi connectivity index (χ1n) is 7.38. The van der Waals surface area contributed by atoms with E-state index in [-0.39, 0.29) is 6.47 Å². The Bertz CT molecular complexity index is 560. The molecule has 0 bridgehead atoms. The predicted octanol–water partition coefficient (Wildman–Crippen LogP) is -0.566. The molecule has 0 amide bonds. The summed E-state index contributed by atoms with van der Waals surface area (Å²) in [5, 5.41) is 0. The van der Waals surface area contributed by atoms with Crippen molar-refractivity contribution in [3.05, 3.63) is 0 Å². The summed E-state index contributed by atoms with van der Waals surface area (Å²) in [7, 11) is -8.74. The molecule has 0 heterocycles. The molecule has 27 heavy (non-hydrogen) atoms. The molecule has 12 nitrogen and oxygen atoms in total. The third kappa shape index (κ3) is 9.50. The molecule has 0 spiro atoms. The normalized spacial score (nSPS) is 10.9. The highest BCUT2D eigenvalue weighted by Gasteiger charge is 2.64. The minimum Gasteiger partial charge on any atom is -0.483 e. The standard InChI is InChI=1S/C13H20O12Si2/c1-9(15)21-26(7-20-6-14,22-10(2)16)8-27(23-11(3)17,24-12(4)18)25-13(5)19/h6H,7-8H2,1-5H3. The zero-order chi connectivity index (χ0) is 21.3. The molecule has 152 valence electrons. The fraction of sp³-hybridized carbons (Fsp3) is 0.538. The molecule has 14 heteroatoms. The fourth-order valence-corrected chi connectivity index (χ4v) is 9.50. The average molecular weight is 424 g/mol. The Balaban J connectivity index is 6.29. The van der Waals surface area contributed by atoms with Gasteiger partial charge in [0.05, 0.1) is 0 Å². The summed E-state index contributed by atoms with van der Waals surface area (Å²) in [6.07, 6.45) is -0.714. The molecule has 0 unspecified atom stereocenters. The first-order valence-corrected chi connectivity index (χ1v) is 11.5. The minimum absolute atomic E-state index is 0.00146. The average Bonchev–Trinajstić information content (AvgIpc) is 2.40. The van der Waals surface area contributed by atoms with Gasteiger partial charge in [-0.05, 0) is 0 Å². The molecule has 0 radical (unpaired) electrons. The highest BCUT2D eigenvalue weighted by molar-refractivity contribution is 6.86. The van der Waals surface area contributed by atoms with Gasteiger partial charge in [-0.15, -0.1) is 0 Å². The summed E-state index contributed by atoms with van der Waals surface area (Å²) in [5.41, 5.74) is -0.758. The Kier molecular flexibility index (Phi) is 9.35. The van der Waals surface area contributed by atoms with Crippen LogP contribution in [0.1, 0.15) is 34.6 Å². The number of ether oxygens (including phenoxy) is 1. The lowest BCUT2D eigenvalue weighted by molar-refractivity contribution is -0.147. The van der Waals surface area contributed by atoms with Crippen LogP contribution in [0, 0.1) is 0 Å². The van der Waals surface area contributed by atoms with Gasteiger partial charge in [0.2, 0.25) is 0 Å². The summed E-state index contributed by atoms with van der Waals surface area (Å²) in [6, 6.07) is 0. The van der Waals surface area contributed by atoms with Crippen molar-refractivity contribution in [2.45, 2.75) is 40.3 Å². The van der Waals surface area contributed by atoms with Gasteiger partial charge in [0.15, 0.2) is 6.23 Å². The van der Waals surface area contributed by atoms with Crippen molar-refractivity contribution < 1.29 is 55.6 Å². The van der Waals surface area contributed by atoms with E-state index in [0.717, 1.165) is 34.6 Å². The second-order valence-corrected chi connectivity index (χ2v) is 11.1. The molecule has 0 atom stereocenters. The monoisotopic (exact) mass is 424 g/mol. The fourth-order valence-electron chi connectivity index (χ4n) is 2.05. The summed E-state index contributed by atoms with van der Waals surface area (Å²) in [6.45, 7) is 4.84. The third-order valence-electron chi connectivity index (χ3n) is 2.41. The highest BCUT2D eigenvalue weighted by Crippen LogP contribution is 2.27. The van der Waals surface area contributed by atoms with Gasteiger partial charge in [-0.2, -0.15) is 0 Å². The molecule has 0 aliphatic heterocycles. The molecule has 0 rings (SSSR count). The molecule has 0 saturated carbocycles. The lowest BCUT2D eigenvalue weighted by Gasteiger charge is -2.33. The number of carbonyl (C=O) groups excluding carboxylic acids is 6. The second-order valence-electron chi connectivity index (χ2n) is 5.15. The van der Waals surface area contributed by atoms with E-state index in [1.165, 1.54) is 0 Å². The van der Waals surface area contributed by atoms with Gasteiger partial charge in [0.25, 0.3) is 36.3 Å². The van der Waals surface area contributed by atoms with E-state index in [2.05, 4.69) is 4.74 Å². The Morgan fingerprint density at radius 3 is 1.26 bits per heavy atom. The molecule has 0 saturated heterocycles. The van der Waals surface area contributed by atoms with Gasteiger partial charge in [0.1, 0.15) is 5.67 Å². The number of hydrogen-bond donors (Lipinski definition) is 0. The third-order valence-corrected chi connectivity index (χ3v) is 10.0. The Hall–Kier alpha value is -2.75. The summed E-state index contributed by atoms with van der Waals surface area (Å²) in [4.78, 5) is 68.2. The SMILES string of the molecule is CC(=O)O[Si](COC=O)(C[Si](OC(C)=O)(OC(C)=O)OC(C)=O)OC(C)=O. The maximum absolute atomic E-state index is 11.5. The van der Waals surface area contributed by atoms with Crippen LogP contribution >= 0.6 is 0 Å². The van der Waals surface area contributed by atoms with Crippen molar-refractivity contribution in [3.63, 3.8) is 0 Å². The zero-order valence-electron chi connectivity index (χ0n) is 15.4. The highest BCUT2D eigenvalue weighted by atomic mass is 28.4. The predicted molar refractivity (Wildman–Crippen MR) is 87.2 cm³/mol. The molecule has 0 aromatic rings. The Morgan fingerprint density at radius 1 is 0.667 bits per heavy atom. The number of hydrogen-bond acceptors (Lipinski definition) is 12. The van der Waals surface area contributed by atoms with Crippen LogP contribution in [0.3, 0.4) is 0 Å². The van der Waals surface area contributed by atoms with Crippen molar-refractivity contribution in [1.29, 1.82) is 0 Å². The topological polar surface area (TPSA) is 158 Å². The van der Waals surface area contributed by atoms with E-state index < -0.39 is 59.1 Å². The molecule has 0 aromatic carbocycles. The van der Waals surface area contributed by atoms with E-state index >= 15 is 0 Å². The van der Waals surface area contributed by atoms with Crippen LogP contribution in [0.2, 0.25) is 5.67 Å². The number of carbonyl (C=O) groups is 6. The van der Waals surface area contributed by atoms with Gasteiger partial charge in [-0.1, -0.05) is 0 Å². The van der Waals surface area contributed by atoms with Gasteiger partial charge in [-0.25, -0.2) is 0 Å². The molecule has 0 N–H and O–H groups in total. The second kappa shape index (κ2) is 10.4. The van der Waals surface area contributed by atoms with Crippen LogP contribution in [0.4, 0.5) is 0 Å². The van der Waals surface area contributed by atoms with Crippen LogP contribution in [0.5, 0.6) is 0 Å². The largest absolute Gasteiger partial charge is 0.709 e. The maximum atomic E-state index is 11.5. The van der Waals surface area contributed by atoms with Crippen LogP contribution in [-0.4, -0.2) is 59.9 Å². The van der Waals surface area contributed by atoms with Gasteiger partial charge in [0, 0.05) is 34.6 Å². The number of rotatable bonds is 10. The van der Waals surface area contributed by atoms with E-state index in [1.54, 1.807) is 0 Å². The first-order chi connectivity index (χ1) is 12.4. The molecule has 0 aliphatic carbocycles. The van der Waals surface area contributed by atoms with Crippen molar-refractivity contribution >= 4 is 53.7 Å². The van der Waals surface area contributed by atoms with Crippen LogP contribution in [0.15, 0.2) is 0 Å². The summed E-state index contributed by atoms with van der Waals surface area (Å²) < 4.78 is 29.7. The van der Waals surface area contributed by atoms with Crippen molar-refractivity contribution in [2.75, 3.05) is 6.23 Å². The molecule has 0 fully saturated rings. The lowest BCUT2D eigenvalue weighted by atomic mass is 10.9. The van der Waals surface area contributed by atoms with Crippen molar-refractivity contribution in [2.24, 2.45) is 0 Å². The summed E-state index contributed by atoms with van der Waals surface area (Å²) >= 11 is 0. The Morgan fingerprint density at radius 2 is 1.00 bits per heavy atom. The molecular weight excluding hydrogens is 404 g/mol. The minimum atomic E-state index is -4.54. The van der Waals surface area contributed by atoms with Crippen molar-refractivity contribution in [1.82, 2.24) is 0 Å². The smallest absolute Gasteiger partial charge is 0.483 e. The van der Waals surface area contributed by atoms with E-state index in [4.69, 9.17) is 22.1 Å². The van der Waals surface area contributed by atoms with Gasteiger partial charge < -0.3 is 26.9 Å². The zero-order valence-corrected chi connectivity index (χ0v) is 17.4. The molecule has 0 aliphatic rings. The maximum Gasteiger partial charge on any atom is 0.709 e. The molecule has 0 aromatic heterocycles. The molecular formula is C13H20O12Si2. The van der Waals surface area contributed by atoms with Crippen LogP contribution in [-0.2, 0) is 55.6 Å². The van der Waals surface area contributed by atoms with E-state index in [0.29, 0.717) is 0 Å². The lowest BCUT2D eigenvalue weighted by Crippen LogP contribution is -2.61. The van der Waals surface area contributed by atoms with Crippen LogP contribution < -0.4 is 0 Å². The van der Waals surface area contributed by atoms with Crippen molar-refractivity contribution in [3.8, 4) is 0 Å². The summed E-state index contributed by atoms with van der Waals surface area (Å²) in [5.74, 6) is -4.78. The van der Waals surface area contributed by atoms with Crippen LogP contribution in [0.25, 0.3) is 0 Å². The van der Waals surface area contributed by atoms with Gasteiger partial charge in [-0.3, -0.25) is 28.8 Å². The Labute approximate surface area is 156 Å².